The van der Waals surface area contributed by atoms with Crippen LogP contribution in [0, 0.1) is 0 Å². The fraction of sp³-hybridized carbons (Fsp3) is 0.370. The molecule has 1 aromatic carbocycles. The second-order valence-corrected chi connectivity index (χ2v) is 9.06. The van der Waals surface area contributed by atoms with Crippen LogP contribution in [0.15, 0.2) is 60.9 Å². The Hall–Kier alpha value is -3.45. The van der Waals surface area contributed by atoms with Crippen molar-refractivity contribution in [3.8, 4) is 16.9 Å². The molecule has 176 valence electrons. The van der Waals surface area contributed by atoms with Gasteiger partial charge in [0.2, 0.25) is 0 Å². The second-order valence-electron chi connectivity index (χ2n) is 9.06. The molecule has 3 aromatic rings. The van der Waals surface area contributed by atoms with Crippen LogP contribution in [-0.2, 0) is 6.61 Å². The number of ether oxygens (including phenoxy) is 1. The number of hydrogen-bond donors (Lipinski definition) is 1. The molecule has 2 fully saturated rings. The Balaban J connectivity index is 1.22. The first-order chi connectivity index (χ1) is 16.7. The number of carbonyl (C=O) groups is 1. The smallest absolute Gasteiger partial charge is 0.253 e. The van der Waals surface area contributed by atoms with Gasteiger partial charge in [0.25, 0.3) is 5.91 Å². The number of nitrogens with zero attached hydrogens (tertiary/aromatic N) is 4. The number of piperidine rings is 1. The van der Waals surface area contributed by atoms with Gasteiger partial charge in [-0.1, -0.05) is 18.2 Å². The fourth-order valence-electron chi connectivity index (χ4n) is 4.89. The highest BCUT2D eigenvalue weighted by Gasteiger charge is 2.28. The normalized spacial score (nSPS) is 17.1. The van der Waals surface area contributed by atoms with Crippen LogP contribution >= 0.6 is 0 Å². The van der Waals surface area contributed by atoms with Gasteiger partial charge in [-0.05, 0) is 74.7 Å². The Labute approximate surface area is 200 Å². The number of nitrogen functional groups attached to an aromatic ring is 1. The maximum absolute atomic E-state index is 13.1. The molecule has 5 rings (SSSR count). The standard InChI is InChI=1S/C27H31N5O2/c28-26-25(34-19-23-5-1-2-12-29-23)17-22(18-30-26)20-6-8-21(9-7-20)27(33)32-15-10-24(11-16-32)31-13-3-4-14-31/h1-2,5-9,12,17-18,24H,3-4,10-11,13-16,19H2,(H2,28,30). The molecule has 0 saturated carbocycles. The summed E-state index contributed by atoms with van der Waals surface area (Å²) in [4.78, 5) is 26.2. The number of pyridine rings is 2. The molecule has 0 aliphatic carbocycles. The van der Waals surface area contributed by atoms with Crippen molar-refractivity contribution >= 4 is 11.7 Å². The third-order valence-corrected chi connectivity index (χ3v) is 6.86. The topological polar surface area (TPSA) is 84.6 Å². The summed E-state index contributed by atoms with van der Waals surface area (Å²) in [5.41, 5.74) is 9.40. The summed E-state index contributed by atoms with van der Waals surface area (Å²) in [6.45, 7) is 4.42. The molecule has 0 bridgehead atoms. The summed E-state index contributed by atoms with van der Waals surface area (Å²) < 4.78 is 5.86. The quantitative estimate of drug-likeness (QED) is 0.602. The van der Waals surface area contributed by atoms with Gasteiger partial charge < -0.3 is 20.3 Å². The van der Waals surface area contributed by atoms with Gasteiger partial charge >= 0.3 is 0 Å². The monoisotopic (exact) mass is 457 g/mol. The summed E-state index contributed by atoms with van der Waals surface area (Å²) >= 11 is 0. The van der Waals surface area contributed by atoms with Gasteiger partial charge in [0.15, 0.2) is 11.6 Å². The van der Waals surface area contributed by atoms with E-state index in [4.69, 9.17) is 10.5 Å². The van der Waals surface area contributed by atoms with Gasteiger partial charge in [-0.3, -0.25) is 9.78 Å². The number of hydrogen-bond acceptors (Lipinski definition) is 6. The highest BCUT2D eigenvalue weighted by atomic mass is 16.5. The lowest BCUT2D eigenvalue weighted by molar-refractivity contribution is 0.0644. The highest BCUT2D eigenvalue weighted by molar-refractivity contribution is 5.94. The summed E-state index contributed by atoms with van der Waals surface area (Å²) in [5, 5.41) is 0. The van der Waals surface area contributed by atoms with Crippen LogP contribution in [0.5, 0.6) is 5.75 Å². The molecular formula is C27H31N5O2. The Bertz CT molecular complexity index is 1110. The van der Waals surface area contributed by atoms with Crippen molar-refractivity contribution in [2.24, 2.45) is 0 Å². The lowest BCUT2D eigenvalue weighted by Gasteiger charge is -2.36. The van der Waals surface area contributed by atoms with Crippen LogP contribution in [0.25, 0.3) is 11.1 Å². The third kappa shape index (κ3) is 5.04. The van der Waals surface area contributed by atoms with Crippen molar-refractivity contribution in [1.29, 1.82) is 0 Å². The predicted molar refractivity (Wildman–Crippen MR) is 132 cm³/mol. The van der Waals surface area contributed by atoms with E-state index in [0.717, 1.165) is 48.3 Å². The first kappa shape index (κ1) is 22.3. The van der Waals surface area contributed by atoms with Crippen LogP contribution in [0.1, 0.15) is 41.7 Å². The SMILES string of the molecule is Nc1ncc(-c2ccc(C(=O)N3CCC(N4CCCC4)CC3)cc2)cc1OCc1ccccn1. The predicted octanol–water partition coefficient (Wildman–Crippen LogP) is 4.01. The minimum Gasteiger partial charge on any atom is -0.483 e. The van der Waals surface area contributed by atoms with Gasteiger partial charge in [-0.15, -0.1) is 0 Å². The van der Waals surface area contributed by atoms with E-state index in [1.807, 2.05) is 53.4 Å². The van der Waals surface area contributed by atoms with Gasteiger partial charge in [0, 0.05) is 42.7 Å². The molecule has 2 aromatic heterocycles. The molecular weight excluding hydrogens is 426 g/mol. The second kappa shape index (κ2) is 10.2. The van der Waals surface area contributed by atoms with E-state index in [1.165, 1.54) is 25.9 Å². The maximum atomic E-state index is 13.1. The zero-order valence-corrected chi connectivity index (χ0v) is 19.4. The first-order valence-electron chi connectivity index (χ1n) is 12.1. The molecule has 0 spiro atoms. The molecule has 2 saturated heterocycles. The first-order valence-corrected chi connectivity index (χ1v) is 12.1. The lowest BCUT2D eigenvalue weighted by Crippen LogP contribution is -2.45. The van der Waals surface area contributed by atoms with Crippen molar-refractivity contribution in [2.45, 2.75) is 38.3 Å². The number of amides is 1. The molecule has 7 heteroatoms. The van der Waals surface area contributed by atoms with E-state index in [2.05, 4.69) is 14.9 Å². The largest absolute Gasteiger partial charge is 0.483 e. The molecule has 2 aliphatic heterocycles. The van der Waals surface area contributed by atoms with Crippen LogP contribution in [0.4, 0.5) is 5.82 Å². The number of benzene rings is 1. The van der Waals surface area contributed by atoms with E-state index in [1.54, 1.807) is 12.4 Å². The molecule has 34 heavy (non-hydrogen) atoms. The number of rotatable bonds is 6. The third-order valence-electron chi connectivity index (χ3n) is 6.86. The van der Waals surface area contributed by atoms with Crippen molar-refractivity contribution < 1.29 is 9.53 Å². The van der Waals surface area contributed by atoms with Crippen LogP contribution in [0.2, 0.25) is 0 Å². The fourth-order valence-corrected chi connectivity index (χ4v) is 4.89. The molecule has 0 radical (unpaired) electrons. The summed E-state index contributed by atoms with van der Waals surface area (Å²) in [7, 11) is 0. The molecule has 1 amide bonds. The molecule has 2 aliphatic rings. The van der Waals surface area contributed by atoms with E-state index in [9.17, 15) is 4.79 Å². The number of likely N-dealkylation sites (tertiary alicyclic amines) is 2. The van der Waals surface area contributed by atoms with Crippen LogP contribution in [-0.4, -0.2) is 57.9 Å². The molecule has 4 heterocycles. The van der Waals surface area contributed by atoms with Crippen molar-refractivity contribution in [1.82, 2.24) is 19.8 Å². The van der Waals surface area contributed by atoms with Crippen molar-refractivity contribution in [2.75, 3.05) is 31.9 Å². The van der Waals surface area contributed by atoms with E-state index >= 15 is 0 Å². The minimum absolute atomic E-state index is 0.112. The number of nitrogens with two attached hydrogens (primary N) is 1. The van der Waals surface area contributed by atoms with Gasteiger partial charge in [0.05, 0.1) is 5.69 Å². The lowest BCUT2D eigenvalue weighted by atomic mass is 10.0. The molecule has 7 nitrogen and oxygen atoms in total. The van der Waals surface area contributed by atoms with Crippen LogP contribution in [0.3, 0.4) is 0 Å². The zero-order valence-electron chi connectivity index (χ0n) is 19.4. The maximum Gasteiger partial charge on any atom is 0.253 e. The van der Waals surface area contributed by atoms with Crippen LogP contribution < -0.4 is 10.5 Å². The van der Waals surface area contributed by atoms with Gasteiger partial charge in [-0.2, -0.15) is 0 Å². The average molecular weight is 458 g/mol. The zero-order chi connectivity index (χ0) is 23.3. The van der Waals surface area contributed by atoms with Gasteiger partial charge in [-0.25, -0.2) is 4.98 Å². The number of anilines is 1. The Kier molecular flexibility index (Phi) is 6.72. The van der Waals surface area contributed by atoms with Crippen molar-refractivity contribution in [3.63, 3.8) is 0 Å². The molecule has 0 unspecified atom stereocenters. The Morgan fingerprint density at radius 3 is 2.44 bits per heavy atom. The summed E-state index contributed by atoms with van der Waals surface area (Å²) in [5.74, 6) is 0.967. The molecule has 2 N–H and O–H groups in total. The molecule has 0 atom stereocenters. The number of aromatic nitrogens is 2. The van der Waals surface area contributed by atoms with E-state index in [0.29, 0.717) is 24.2 Å². The summed E-state index contributed by atoms with van der Waals surface area (Å²) in [6.07, 6.45) is 8.22. The minimum atomic E-state index is 0.112. The van der Waals surface area contributed by atoms with Crippen molar-refractivity contribution in [3.05, 3.63) is 72.2 Å². The summed E-state index contributed by atoms with van der Waals surface area (Å²) in [6, 6.07) is 15.9. The van der Waals surface area contributed by atoms with Gasteiger partial charge in [0.1, 0.15) is 6.61 Å². The Morgan fingerprint density at radius 1 is 0.971 bits per heavy atom. The van der Waals surface area contributed by atoms with E-state index in [-0.39, 0.29) is 5.91 Å². The number of carbonyl (C=O) groups excluding carboxylic acids is 1. The average Bonchev–Trinajstić information content (AvgIpc) is 3.44. The van der Waals surface area contributed by atoms with E-state index < -0.39 is 0 Å². The Morgan fingerprint density at radius 2 is 1.74 bits per heavy atom. The highest BCUT2D eigenvalue weighted by Crippen LogP contribution is 2.28.